The number of ether oxygens (including phenoxy) is 2. The summed E-state index contributed by atoms with van der Waals surface area (Å²) in [4.78, 5) is 13.3. The summed E-state index contributed by atoms with van der Waals surface area (Å²) in [6, 6.07) is 0.548. The van der Waals surface area contributed by atoms with Crippen molar-refractivity contribution in [1.29, 1.82) is 0 Å². The van der Waals surface area contributed by atoms with Gasteiger partial charge in [-0.15, -0.1) is 0 Å². The molecule has 0 saturated carbocycles. The fourth-order valence-corrected chi connectivity index (χ4v) is 1.74. The zero-order valence-electron chi connectivity index (χ0n) is 10.4. The van der Waals surface area contributed by atoms with E-state index in [1.165, 1.54) is 7.11 Å². The Balaban J connectivity index is 2.19. The first-order valence-corrected chi connectivity index (χ1v) is 5.76. The Morgan fingerprint density at radius 1 is 1.62 bits per heavy atom. The Morgan fingerprint density at radius 3 is 3.00 bits per heavy atom. The van der Waals surface area contributed by atoms with Gasteiger partial charge in [0.05, 0.1) is 26.4 Å². The third-order valence-electron chi connectivity index (χ3n) is 2.77. The fourth-order valence-electron chi connectivity index (χ4n) is 1.74. The molecule has 1 unspecified atom stereocenters. The zero-order valence-corrected chi connectivity index (χ0v) is 10.4. The number of carbonyl (C=O) groups is 1. The number of hydrogen-bond acceptors (Lipinski definition) is 5. The van der Waals surface area contributed by atoms with E-state index in [9.17, 15) is 4.79 Å². The van der Waals surface area contributed by atoms with Gasteiger partial charge in [-0.1, -0.05) is 0 Å². The monoisotopic (exact) mass is 230 g/mol. The van der Waals surface area contributed by atoms with Crippen molar-refractivity contribution in [1.82, 2.24) is 10.2 Å². The molecule has 16 heavy (non-hydrogen) atoms. The lowest BCUT2D eigenvalue weighted by molar-refractivity contribution is -0.139. The minimum atomic E-state index is -0.239. The lowest BCUT2D eigenvalue weighted by Crippen LogP contribution is -2.49. The average molecular weight is 230 g/mol. The predicted molar refractivity (Wildman–Crippen MR) is 61.3 cm³/mol. The lowest BCUT2D eigenvalue weighted by atomic mass is 10.2. The molecule has 1 fully saturated rings. The normalized spacial score (nSPS) is 22.4. The van der Waals surface area contributed by atoms with Gasteiger partial charge in [-0.3, -0.25) is 9.69 Å². The number of nitrogens with one attached hydrogen (secondary N) is 1. The molecular weight excluding hydrogens is 208 g/mol. The van der Waals surface area contributed by atoms with Gasteiger partial charge >= 0.3 is 5.97 Å². The molecule has 1 aliphatic heterocycles. The third kappa shape index (κ3) is 4.47. The van der Waals surface area contributed by atoms with Crippen LogP contribution < -0.4 is 5.32 Å². The summed E-state index contributed by atoms with van der Waals surface area (Å²) in [7, 11) is 1.39. The van der Waals surface area contributed by atoms with E-state index < -0.39 is 0 Å². The molecule has 5 heteroatoms. The SMILES string of the molecule is COC(=O)CNCC1CN(C(C)C)CCO1. The van der Waals surface area contributed by atoms with Gasteiger partial charge < -0.3 is 14.8 Å². The lowest BCUT2D eigenvalue weighted by Gasteiger charge is -2.35. The first kappa shape index (κ1) is 13.4. The minimum Gasteiger partial charge on any atom is -0.468 e. The first-order valence-electron chi connectivity index (χ1n) is 5.76. The van der Waals surface area contributed by atoms with Gasteiger partial charge in [0.25, 0.3) is 0 Å². The summed E-state index contributed by atoms with van der Waals surface area (Å²) < 4.78 is 10.2. The number of nitrogens with zero attached hydrogens (tertiary/aromatic N) is 1. The fraction of sp³-hybridized carbons (Fsp3) is 0.909. The smallest absolute Gasteiger partial charge is 0.319 e. The molecule has 0 aromatic carbocycles. The van der Waals surface area contributed by atoms with Crippen molar-refractivity contribution in [3.8, 4) is 0 Å². The summed E-state index contributed by atoms with van der Waals surface area (Å²) in [6.45, 7) is 7.99. The molecule has 0 aliphatic carbocycles. The minimum absolute atomic E-state index is 0.167. The second kappa shape index (κ2) is 6.83. The standard InChI is InChI=1S/C11H22N2O3/c1-9(2)13-4-5-16-10(8-13)6-12-7-11(14)15-3/h9-10,12H,4-8H2,1-3H3. The molecule has 94 valence electrons. The number of carbonyl (C=O) groups excluding carboxylic acids is 1. The van der Waals surface area contributed by atoms with Crippen molar-refractivity contribution in [2.45, 2.75) is 26.0 Å². The van der Waals surface area contributed by atoms with Crippen LogP contribution in [0.25, 0.3) is 0 Å². The van der Waals surface area contributed by atoms with E-state index in [-0.39, 0.29) is 18.6 Å². The summed E-state index contributed by atoms with van der Waals surface area (Å²) in [5.41, 5.74) is 0. The molecule has 0 bridgehead atoms. The second-order valence-corrected chi connectivity index (χ2v) is 4.29. The summed E-state index contributed by atoms with van der Waals surface area (Å²) in [6.07, 6.45) is 0.167. The maximum absolute atomic E-state index is 10.9. The molecule has 1 atom stereocenters. The molecule has 1 aliphatic rings. The van der Waals surface area contributed by atoms with Gasteiger partial charge in [-0.25, -0.2) is 0 Å². The number of morpholine rings is 1. The van der Waals surface area contributed by atoms with Crippen LogP contribution in [0.5, 0.6) is 0 Å². The third-order valence-corrected chi connectivity index (χ3v) is 2.77. The van der Waals surface area contributed by atoms with E-state index in [4.69, 9.17) is 4.74 Å². The predicted octanol–water partition coefficient (Wildman–Crippen LogP) is -0.142. The summed E-state index contributed by atoms with van der Waals surface area (Å²) in [5.74, 6) is -0.239. The number of methoxy groups -OCH3 is 1. The van der Waals surface area contributed by atoms with Crippen molar-refractivity contribution in [2.24, 2.45) is 0 Å². The molecule has 0 aromatic heterocycles. The van der Waals surface area contributed by atoms with E-state index in [0.29, 0.717) is 12.6 Å². The molecule has 0 aromatic rings. The quantitative estimate of drug-likeness (QED) is 0.666. The van der Waals surface area contributed by atoms with Gasteiger partial charge in [0.1, 0.15) is 0 Å². The van der Waals surface area contributed by atoms with Crippen LogP contribution in [0, 0.1) is 0 Å². The zero-order chi connectivity index (χ0) is 12.0. The molecular formula is C11H22N2O3. The Morgan fingerprint density at radius 2 is 2.38 bits per heavy atom. The van der Waals surface area contributed by atoms with Crippen molar-refractivity contribution in [2.75, 3.05) is 39.9 Å². The van der Waals surface area contributed by atoms with Crippen molar-refractivity contribution in [3.05, 3.63) is 0 Å². The molecule has 1 heterocycles. The molecule has 0 amide bonds. The molecule has 0 radical (unpaired) electrons. The van der Waals surface area contributed by atoms with E-state index in [1.807, 2.05) is 0 Å². The Hall–Kier alpha value is -0.650. The van der Waals surface area contributed by atoms with Gasteiger partial charge in [-0.2, -0.15) is 0 Å². The van der Waals surface area contributed by atoms with Crippen molar-refractivity contribution >= 4 is 5.97 Å². The first-order chi connectivity index (χ1) is 7.63. The van der Waals surface area contributed by atoms with Crippen LogP contribution in [-0.2, 0) is 14.3 Å². The highest BCUT2D eigenvalue weighted by molar-refractivity contribution is 5.71. The Labute approximate surface area is 97.1 Å². The van der Waals surface area contributed by atoms with Crippen molar-refractivity contribution in [3.63, 3.8) is 0 Å². The average Bonchev–Trinajstić information content (AvgIpc) is 2.29. The maximum atomic E-state index is 10.9. The number of hydrogen-bond donors (Lipinski definition) is 1. The highest BCUT2D eigenvalue weighted by Crippen LogP contribution is 2.07. The van der Waals surface area contributed by atoms with E-state index in [0.717, 1.165) is 19.7 Å². The largest absolute Gasteiger partial charge is 0.468 e. The van der Waals surface area contributed by atoms with Crippen LogP contribution in [-0.4, -0.2) is 62.9 Å². The van der Waals surface area contributed by atoms with Crippen LogP contribution >= 0.6 is 0 Å². The highest BCUT2D eigenvalue weighted by atomic mass is 16.5. The van der Waals surface area contributed by atoms with Crippen LogP contribution in [0.3, 0.4) is 0 Å². The molecule has 0 spiro atoms. The Kier molecular flexibility index (Phi) is 5.73. The van der Waals surface area contributed by atoms with Gasteiger partial charge in [0.15, 0.2) is 0 Å². The van der Waals surface area contributed by atoms with Gasteiger partial charge in [0.2, 0.25) is 0 Å². The maximum Gasteiger partial charge on any atom is 0.319 e. The number of rotatable bonds is 5. The van der Waals surface area contributed by atoms with E-state index in [1.54, 1.807) is 0 Å². The van der Waals surface area contributed by atoms with E-state index >= 15 is 0 Å². The summed E-state index contributed by atoms with van der Waals surface area (Å²) >= 11 is 0. The molecule has 1 saturated heterocycles. The Bertz CT molecular complexity index is 221. The highest BCUT2D eigenvalue weighted by Gasteiger charge is 2.21. The van der Waals surface area contributed by atoms with Crippen LogP contribution in [0.1, 0.15) is 13.8 Å². The second-order valence-electron chi connectivity index (χ2n) is 4.29. The van der Waals surface area contributed by atoms with Crippen molar-refractivity contribution < 1.29 is 14.3 Å². The molecule has 1 N–H and O–H groups in total. The molecule has 5 nitrogen and oxygen atoms in total. The summed E-state index contributed by atoms with van der Waals surface area (Å²) in [5, 5.41) is 3.04. The van der Waals surface area contributed by atoms with E-state index in [2.05, 4.69) is 28.8 Å². The topological polar surface area (TPSA) is 50.8 Å². The van der Waals surface area contributed by atoms with Gasteiger partial charge in [-0.05, 0) is 13.8 Å². The van der Waals surface area contributed by atoms with Crippen LogP contribution in [0.2, 0.25) is 0 Å². The molecule has 1 rings (SSSR count). The number of esters is 1. The van der Waals surface area contributed by atoms with Crippen LogP contribution in [0.4, 0.5) is 0 Å². The van der Waals surface area contributed by atoms with Gasteiger partial charge in [0, 0.05) is 25.7 Å². The van der Waals surface area contributed by atoms with Crippen LogP contribution in [0.15, 0.2) is 0 Å².